The quantitative estimate of drug-likeness (QED) is 0.194. The van der Waals surface area contributed by atoms with Crippen molar-refractivity contribution in [2.24, 2.45) is 0 Å². The van der Waals surface area contributed by atoms with Gasteiger partial charge in [-0.15, -0.1) is 11.3 Å². The van der Waals surface area contributed by atoms with Crippen molar-refractivity contribution in [1.29, 1.82) is 0 Å². The van der Waals surface area contributed by atoms with Gasteiger partial charge in [-0.25, -0.2) is 15.0 Å². The zero-order valence-corrected chi connectivity index (χ0v) is 26.4. The molecule has 224 valence electrons. The van der Waals surface area contributed by atoms with Gasteiger partial charge in [0.1, 0.15) is 11.2 Å². The Bertz CT molecular complexity index is 2780. The topological polar surface area (TPSA) is 51.8 Å². The molecule has 0 unspecified atom stereocenters. The highest BCUT2D eigenvalue weighted by Gasteiger charge is 2.22. The first-order valence-corrected chi connectivity index (χ1v) is 16.8. The van der Waals surface area contributed by atoms with E-state index in [4.69, 9.17) is 19.4 Å². The molecule has 4 nitrogen and oxygen atoms in total. The van der Waals surface area contributed by atoms with Crippen molar-refractivity contribution in [2.45, 2.75) is 0 Å². The van der Waals surface area contributed by atoms with E-state index >= 15 is 0 Å². The molecule has 0 aliphatic heterocycles. The molecule has 0 amide bonds. The van der Waals surface area contributed by atoms with Gasteiger partial charge in [0.25, 0.3) is 0 Å². The summed E-state index contributed by atoms with van der Waals surface area (Å²) in [6.07, 6.45) is 0. The summed E-state index contributed by atoms with van der Waals surface area (Å²) >= 11 is 1.84. The Morgan fingerprint density at radius 3 is 1.81 bits per heavy atom. The number of benzene rings is 7. The van der Waals surface area contributed by atoms with Gasteiger partial charge in [-0.3, -0.25) is 0 Å². The Labute approximate surface area is 279 Å². The predicted octanol–water partition coefficient (Wildman–Crippen LogP) is 12.0. The van der Waals surface area contributed by atoms with E-state index in [1.807, 2.05) is 84.1 Å². The van der Waals surface area contributed by atoms with Gasteiger partial charge < -0.3 is 4.42 Å². The number of furan rings is 1. The monoisotopic (exact) mass is 631 g/mol. The summed E-state index contributed by atoms with van der Waals surface area (Å²) in [5.41, 5.74) is 6.64. The molecule has 48 heavy (non-hydrogen) atoms. The lowest BCUT2D eigenvalue weighted by atomic mass is 9.96. The van der Waals surface area contributed by atoms with Crippen LogP contribution >= 0.6 is 11.3 Å². The zero-order valence-electron chi connectivity index (χ0n) is 25.6. The second-order valence-corrected chi connectivity index (χ2v) is 13.0. The molecule has 0 fully saturated rings. The molecule has 0 atom stereocenters. The first-order chi connectivity index (χ1) is 23.8. The molecule has 5 heteroatoms. The van der Waals surface area contributed by atoms with E-state index in [9.17, 15) is 0 Å². The number of hydrogen-bond donors (Lipinski definition) is 0. The lowest BCUT2D eigenvalue weighted by Crippen LogP contribution is -2.00. The number of rotatable bonds is 4. The van der Waals surface area contributed by atoms with E-state index in [0.717, 1.165) is 49.8 Å². The highest BCUT2D eigenvalue weighted by atomic mass is 32.1. The van der Waals surface area contributed by atoms with Crippen molar-refractivity contribution < 1.29 is 4.42 Å². The molecule has 3 aromatic heterocycles. The van der Waals surface area contributed by atoms with Crippen LogP contribution in [-0.4, -0.2) is 15.0 Å². The molecular weight excluding hydrogens is 607 g/mol. The molecule has 0 radical (unpaired) electrons. The number of thiophene rings is 1. The summed E-state index contributed by atoms with van der Waals surface area (Å²) in [7, 11) is 0. The van der Waals surface area contributed by atoms with Crippen LogP contribution in [0.2, 0.25) is 0 Å². The van der Waals surface area contributed by atoms with E-state index < -0.39 is 0 Å². The van der Waals surface area contributed by atoms with Gasteiger partial charge in [-0.2, -0.15) is 0 Å². The van der Waals surface area contributed by atoms with Gasteiger partial charge in [0.2, 0.25) is 0 Å². The van der Waals surface area contributed by atoms with Crippen molar-refractivity contribution >= 4 is 64.2 Å². The Kier molecular flexibility index (Phi) is 6.01. The van der Waals surface area contributed by atoms with E-state index in [0.29, 0.717) is 17.5 Å². The summed E-state index contributed by atoms with van der Waals surface area (Å²) in [5.74, 6) is 1.87. The summed E-state index contributed by atoms with van der Waals surface area (Å²) in [4.78, 5) is 15.1. The first-order valence-electron chi connectivity index (χ1n) is 15.9. The van der Waals surface area contributed by atoms with E-state index in [-0.39, 0.29) is 0 Å². The molecule has 10 rings (SSSR count). The highest BCUT2D eigenvalue weighted by molar-refractivity contribution is 7.26. The third-order valence-electron chi connectivity index (χ3n) is 9.14. The van der Waals surface area contributed by atoms with Gasteiger partial charge >= 0.3 is 0 Å². The number of nitrogens with zero attached hydrogens (tertiary/aromatic N) is 3. The van der Waals surface area contributed by atoms with Crippen molar-refractivity contribution in [3.63, 3.8) is 0 Å². The van der Waals surface area contributed by atoms with Crippen molar-refractivity contribution in [3.8, 4) is 45.3 Å². The van der Waals surface area contributed by atoms with E-state index in [2.05, 4.69) is 78.9 Å². The molecule has 0 aliphatic carbocycles. The highest BCUT2D eigenvalue weighted by Crippen LogP contribution is 2.47. The van der Waals surface area contributed by atoms with Crippen molar-refractivity contribution in [3.05, 3.63) is 152 Å². The van der Waals surface area contributed by atoms with Gasteiger partial charge in [0, 0.05) is 58.8 Å². The van der Waals surface area contributed by atoms with Crippen LogP contribution in [0.5, 0.6) is 0 Å². The average molecular weight is 632 g/mol. The summed E-state index contributed by atoms with van der Waals surface area (Å²) < 4.78 is 9.28. The van der Waals surface area contributed by atoms with E-state index in [1.54, 1.807) is 0 Å². The first kappa shape index (κ1) is 27.0. The third-order valence-corrected chi connectivity index (χ3v) is 10.3. The van der Waals surface area contributed by atoms with Crippen molar-refractivity contribution in [2.75, 3.05) is 0 Å². The van der Waals surface area contributed by atoms with Gasteiger partial charge in [-0.1, -0.05) is 127 Å². The summed E-state index contributed by atoms with van der Waals surface area (Å²) in [6, 6.07) is 52.5. The summed E-state index contributed by atoms with van der Waals surface area (Å²) in [5, 5.41) is 7.12. The molecule has 0 saturated heterocycles. The van der Waals surface area contributed by atoms with E-state index in [1.165, 1.54) is 30.9 Å². The van der Waals surface area contributed by atoms with Gasteiger partial charge in [0.15, 0.2) is 17.5 Å². The average Bonchev–Trinajstić information content (AvgIpc) is 3.75. The Morgan fingerprint density at radius 2 is 1.04 bits per heavy atom. The maximum absolute atomic E-state index is 6.76. The minimum atomic E-state index is 0.609. The number of aromatic nitrogens is 3. The molecule has 0 N–H and O–H groups in total. The van der Waals surface area contributed by atoms with Crippen LogP contribution in [0.4, 0.5) is 0 Å². The number of fused-ring (bicyclic) bond motifs is 8. The summed E-state index contributed by atoms with van der Waals surface area (Å²) in [6.45, 7) is 0. The molecule has 0 saturated carbocycles. The number of hydrogen-bond acceptors (Lipinski definition) is 5. The maximum Gasteiger partial charge on any atom is 0.164 e. The van der Waals surface area contributed by atoms with Crippen LogP contribution in [0.15, 0.2) is 156 Å². The van der Waals surface area contributed by atoms with Crippen LogP contribution in [0.3, 0.4) is 0 Å². The van der Waals surface area contributed by atoms with Gasteiger partial charge in [-0.05, 0) is 35.0 Å². The van der Waals surface area contributed by atoms with Crippen molar-refractivity contribution in [1.82, 2.24) is 15.0 Å². The lowest BCUT2D eigenvalue weighted by Gasteiger charge is -2.11. The van der Waals surface area contributed by atoms with Crippen LogP contribution in [0, 0.1) is 0 Å². The predicted molar refractivity (Wildman–Crippen MR) is 199 cm³/mol. The molecule has 7 aromatic carbocycles. The fourth-order valence-electron chi connectivity index (χ4n) is 6.94. The minimum absolute atomic E-state index is 0.609. The molecule has 10 aromatic rings. The lowest BCUT2D eigenvalue weighted by molar-refractivity contribution is 0.670. The fraction of sp³-hybridized carbons (Fsp3) is 0. The Morgan fingerprint density at radius 1 is 0.417 bits per heavy atom. The molecule has 0 bridgehead atoms. The molecule has 0 spiro atoms. The van der Waals surface area contributed by atoms with Crippen LogP contribution in [0.25, 0.3) is 98.2 Å². The van der Waals surface area contributed by atoms with Crippen LogP contribution in [0.1, 0.15) is 0 Å². The molecular formula is C43H25N3OS. The largest absolute Gasteiger partial charge is 0.455 e. The molecule has 3 heterocycles. The zero-order chi connectivity index (χ0) is 31.6. The SMILES string of the molecule is c1ccc(-c2nc(-c3ccccc3)nc(-c3ccc(-c4cccc5c4sc4ccc6ccccc6c45)c4oc5ccccc5c34)n2)cc1. The minimum Gasteiger partial charge on any atom is -0.455 e. The second-order valence-electron chi connectivity index (χ2n) is 11.9. The van der Waals surface area contributed by atoms with Crippen LogP contribution in [-0.2, 0) is 0 Å². The number of para-hydroxylation sites is 1. The Hall–Kier alpha value is -6.17. The third kappa shape index (κ3) is 4.18. The Balaban J connectivity index is 1.26. The normalized spacial score (nSPS) is 11.8. The fourth-order valence-corrected chi connectivity index (χ4v) is 8.18. The smallest absolute Gasteiger partial charge is 0.164 e. The van der Waals surface area contributed by atoms with Crippen LogP contribution < -0.4 is 0 Å². The second kappa shape index (κ2) is 10.7. The standard InChI is InChI=1S/C43H25N3OS/c1-3-13-27(14-4-1)41-44-42(28-15-5-2-6-16-28)46-43(45-41)34-24-23-30(39-38(34)32-18-9-10-21-35(32)47-39)31-19-11-20-33-37-29-17-8-7-12-26(29)22-25-36(37)48-40(31)33/h1-25H. The maximum atomic E-state index is 6.76. The molecule has 0 aliphatic rings. The van der Waals surface area contributed by atoms with Gasteiger partial charge in [0.05, 0.1) is 0 Å².